The van der Waals surface area contributed by atoms with Gasteiger partial charge in [-0.3, -0.25) is 4.79 Å². The molecule has 9 heteroatoms. The molecule has 0 unspecified atom stereocenters. The summed E-state index contributed by atoms with van der Waals surface area (Å²) in [6.07, 6.45) is 0.393. The first-order valence-corrected chi connectivity index (χ1v) is 20.6. The molecular weight excluding hydrogens is 684 g/mol. The molecule has 1 N–H and O–H groups in total. The van der Waals surface area contributed by atoms with Crippen LogP contribution in [0, 0.1) is 0 Å². The van der Waals surface area contributed by atoms with Crippen LogP contribution in [-0.4, -0.2) is 21.3 Å². The van der Waals surface area contributed by atoms with Crippen LogP contribution in [0.2, 0.25) is 0 Å². The van der Waals surface area contributed by atoms with Crippen LogP contribution in [0.4, 0.5) is 0 Å². The van der Waals surface area contributed by atoms with E-state index in [2.05, 4.69) is 121 Å². The number of rotatable bonds is 10. The van der Waals surface area contributed by atoms with Crippen LogP contribution in [0.3, 0.4) is 0 Å². The van der Waals surface area contributed by atoms with Crippen LogP contribution in [0.15, 0.2) is 58.3 Å². The fraction of sp³-hybridized carbons (Fsp3) is 0.537. The van der Waals surface area contributed by atoms with E-state index in [1.165, 1.54) is 0 Å². The molecule has 0 aliphatic carbocycles. The van der Waals surface area contributed by atoms with E-state index in [0.717, 1.165) is 37.8 Å². The summed E-state index contributed by atoms with van der Waals surface area (Å²) in [6, 6.07) is 15.6. The second kappa shape index (κ2) is 14.1. The van der Waals surface area contributed by atoms with Crippen molar-refractivity contribution in [2.45, 2.75) is 145 Å². The number of phenolic OH excluding ortho intramolecular Hbond substituents is 1. The molecule has 1 aliphatic rings. The molecule has 0 bridgehead atoms. The topological polar surface area (TPSA) is 82.1 Å². The number of carbonyl (C=O) groups excluding carboxylic acids is 1. The molecule has 0 spiro atoms. The van der Waals surface area contributed by atoms with Crippen LogP contribution >= 0.6 is 31.1 Å². The fourth-order valence-electron chi connectivity index (χ4n) is 5.84. The van der Waals surface area contributed by atoms with Crippen molar-refractivity contribution in [1.82, 2.24) is 0 Å². The largest absolute Gasteiger partial charge is 0.507 e. The normalized spacial score (nSPS) is 14.9. The van der Waals surface area contributed by atoms with Gasteiger partial charge in [0.1, 0.15) is 11.5 Å². The zero-order valence-corrected chi connectivity index (χ0v) is 35.0. The minimum Gasteiger partial charge on any atom is -0.507 e. The van der Waals surface area contributed by atoms with Gasteiger partial charge in [-0.15, -0.1) is 23.5 Å². The maximum atomic E-state index is 13.2. The molecular formula is C41H57O6PS2. The predicted octanol–water partition coefficient (Wildman–Crippen LogP) is 12.6. The SMILES string of the molecule is CC(C)(Sc1cc(C(C)(C)C)c(O)c(C(C)(C)C)c1)Sc1cc(C(C)(C)C)c(OCCCC(=O)P2(=O)Oc3ccccc3O2)c(C(C)(C)C)c1. The third kappa shape index (κ3) is 9.46. The monoisotopic (exact) mass is 740 g/mol. The molecule has 0 saturated heterocycles. The second-order valence-electron chi connectivity index (χ2n) is 17.8. The minimum absolute atomic E-state index is 0.0193. The standard InChI is InChI=1S/C41H57O6PS2/c1-37(2,3)28-22-26(23-29(35(28)43)38(4,5)6)49-41(13,14)50-27-24-30(39(7,8)9)36(31(25-27)40(10,11)12)45-21-17-20-34(42)48(44)46-32-18-15-16-19-33(32)47-48/h15-16,18-19,22-25,43H,17,20-21H2,1-14H3. The number of hydrogen-bond acceptors (Lipinski definition) is 8. The Kier molecular flexibility index (Phi) is 11.4. The highest BCUT2D eigenvalue weighted by Gasteiger charge is 2.43. The molecule has 3 aromatic carbocycles. The van der Waals surface area contributed by atoms with Gasteiger partial charge in [0.25, 0.3) is 5.52 Å². The first-order chi connectivity index (χ1) is 22.7. The molecule has 0 aromatic heterocycles. The van der Waals surface area contributed by atoms with Crippen LogP contribution < -0.4 is 13.8 Å². The van der Waals surface area contributed by atoms with Crippen molar-refractivity contribution in [1.29, 1.82) is 0 Å². The van der Waals surface area contributed by atoms with Gasteiger partial charge < -0.3 is 18.9 Å². The van der Waals surface area contributed by atoms with Crippen molar-refractivity contribution in [3.8, 4) is 23.0 Å². The van der Waals surface area contributed by atoms with E-state index in [-0.39, 0.29) is 38.8 Å². The molecule has 6 nitrogen and oxygen atoms in total. The summed E-state index contributed by atoms with van der Waals surface area (Å²) < 4.78 is 30.4. The van der Waals surface area contributed by atoms with Crippen molar-refractivity contribution in [2.24, 2.45) is 0 Å². The van der Waals surface area contributed by atoms with Gasteiger partial charge in [0, 0.05) is 38.5 Å². The lowest BCUT2D eigenvalue weighted by atomic mass is 9.79. The fourth-order valence-corrected chi connectivity index (χ4v) is 9.92. The van der Waals surface area contributed by atoms with Crippen molar-refractivity contribution in [2.75, 3.05) is 6.61 Å². The van der Waals surface area contributed by atoms with Crippen molar-refractivity contribution < 1.29 is 28.3 Å². The Balaban J connectivity index is 1.58. The highest BCUT2D eigenvalue weighted by atomic mass is 32.2. The Labute approximate surface area is 309 Å². The molecule has 3 aromatic rings. The van der Waals surface area contributed by atoms with E-state index in [4.69, 9.17) is 13.8 Å². The van der Waals surface area contributed by atoms with Gasteiger partial charge in [0.05, 0.1) is 10.7 Å². The quantitative estimate of drug-likeness (QED) is 0.0952. The number of fused-ring (bicyclic) bond motifs is 1. The third-order valence-electron chi connectivity index (χ3n) is 8.48. The average Bonchev–Trinajstić information content (AvgIpc) is 3.31. The molecule has 0 fully saturated rings. The highest BCUT2D eigenvalue weighted by Crippen LogP contribution is 2.59. The van der Waals surface area contributed by atoms with Crippen molar-refractivity contribution in [3.63, 3.8) is 0 Å². The number of para-hydroxylation sites is 2. The Hall–Kier alpha value is -2.54. The van der Waals surface area contributed by atoms with Gasteiger partial charge in [-0.05, 0) is 78.3 Å². The van der Waals surface area contributed by atoms with E-state index in [1.54, 1.807) is 24.3 Å². The zero-order chi connectivity index (χ0) is 37.7. The number of hydrogen-bond donors (Lipinski definition) is 1. The van der Waals surface area contributed by atoms with E-state index in [0.29, 0.717) is 23.7 Å². The number of thioether (sulfide) groups is 2. The van der Waals surface area contributed by atoms with Crippen molar-refractivity contribution in [3.05, 3.63) is 70.8 Å². The number of aromatic hydroxyl groups is 1. The van der Waals surface area contributed by atoms with Gasteiger partial charge in [-0.1, -0.05) is 95.2 Å². The number of benzene rings is 3. The molecule has 274 valence electrons. The average molecular weight is 741 g/mol. The first-order valence-electron chi connectivity index (χ1n) is 17.4. The summed E-state index contributed by atoms with van der Waals surface area (Å²) in [5.41, 5.74) is 2.72. The van der Waals surface area contributed by atoms with Crippen LogP contribution in [0.5, 0.6) is 23.0 Å². The molecule has 0 saturated carbocycles. The van der Waals surface area contributed by atoms with Gasteiger partial charge in [0.2, 0.25) is 0 Å². The van der Waals surface area contributed by atoms with E-state index < -0.39 is 13.1 Å². The molecule has 50 heavy (non-hydrogen) atoms. The maximum absolute atomic E-state index is 13.2. The Bertz CT molecular complexity index is 1690. The summed E-state index contributed by atoms with van der Waals surface area (Å²) in [7, 11) is -3.92. The lowest BCUT2D eigenvalue weighted by molar-refractivity contribution is -0.113. The van der Waals surface area contributed by atoms with E-state index in [1.807, 2.05) is 23.5 Å². The van der Waals surface area contributed by atoms with Crippen LogP contribution in [0.1, 0.15) is 132 Å². The van der Waals surface area contributed by atoms with Gasteiger partial charge in [0.15, 0.2) is 11.5 Å². The molecule has 4 rings (SSSR count). The van der Waals surface area contributed by atoms with Crippen molar-refractivity contribution >= 4 is 36.6 Å². The van der Waals surface area contributed by atoms with E-state index >= 15 is 0 Å². The second-order valence-corrected chi connectivity index (χ2v) is 23.3. The minimum atomic E-state index is -3.92. The number of carbonyl (C=O) groups is 1. The summed E-state index contributed by atoms with van der Waals surface area (Å²) in [5.74, 6) is 1.89. The molecule has 0 atom stereocenters. The molecule has 1 heterocycles. The lowest BCUT2D eigenvalue weighted by Crippen LogP contribution is -2.21. The Morgan fingerprint density at radius 2 is 1.06 bits per heavy atom. The summed E-state index contributed by atoms with van der Waals surface area (Å²) in [5, 5.41) is 11.3. The summed E-state index contributed by atoms with van der Waals surface area (Å²) in [4.78, 5) is 15.3. The van der Waals surface area contributed by atoms with Gasteiger partial charge >= 0.3 is 7.60 Å². The first kappa shape index (κ1) is 40.2. The number of phenols is 1. The predicted molar refractivity (Wildman–Crippen MR) is 210 cm³/mol. The summed E-state index contributed by atoms with van der Waals surface area (Å²) in [6.45, 7) is 30.8. The Morgan fingerprint density at radius 3 is 1.44 bits per heavy atom. The maximum Gasteiger partial charge on any atom is 0.498 e. The van der Waals surface area contributed by atoms with Crippen LogP contribution in [0.25, 0.3) is 0 Å². The third-order valence-corrected chi connectivity index (χ3v) is 12.6. The molecule has 0 amide bonds. The molecule has 0 radical (unpaired) electrons. The highest BCUT2D eigenvalue weighted by molar-refractivity contribution is 8.18. The lowest BCUT2D eigenvalue weighted by Gasteiger charge is -2.32. The smallest absolute Gasteiger partial charge is 0.498 e. The Morgan fingerprint density at radius 1 is 0.680 bits per heavy atom. The van der Waals surface area contributed by atoms with Gasteiger partial charge in [-0.2, -0.15) is 0 Å². The zero-order valence-electron chi connectivity index (χ0n) is 32.5. The molecule has 1 aliphatic heterocycles. The summed E-state index contributed by atoms with van der Waals surface area (Å²) >= 11 is 3.63. The van der Waals surface area contributed by atoms with Crippen LogP contribution in [-0.2, 0) is 31.0 Å². The van der Waals surface area contributed by atoms with E-state index in [9.17, 15) is 14.5 Å². The van der Waals surface area contributed by atoms with Gasteiger partial charge in [-0.25, -0.2) is 4.57 Å². The number of ether oxygens (including phenoxy) is 1.